The molecule has 1 saturated heterocycles. The Labute approximate surface area is 182 Å². The third-order valence-corrected chi connectivity index (χ3v) is 11.5. The molecule has 6 heteroatoms. The molecule has 5 rings (SSSR count). The van der Waals surface area contributed by atoms with Gasteiger partial charge in [-0.3, -0.25) is 0 Å². The van der Waals surface area contributed by atoms with E-state index >= 15 is 0 Å². The van der Waals surface area contributed by atoms with Gasteiger partial charge in [-0.1, -0.05) is 0 Å². The van der Waals surface area contributed by atoms with Gasteiger partial charge in [0.05, 0.1) is 0 Å². The van der Waals surface area contributed by atoms with Gasteiger partial charge in [0.25, 0.3) is 0 Å². The van der Waals surface area contributed by atoms with E-state index in [2.05, 4.69) is 41.6 Å². The van der Waals surface area contributed by atoms with Crippen LogP contribution in [0.2, 0.25) is 0 Å². The zero-order valence-corrected chi connectivity index (χ0v) is 18.2. The van der Waals surface area contributed by atoms with Crippen molar-refractivity contribution in [1.82, 2.24) is 9.68 Å². The summed E-state index contributed by atoms with van der Waals surface area (Å²) in [5, 5.41) is 7.77. The second-order valence-corrected chi connectivity index (χ2v) is 12.1. The molecule has 2 aliphatic rings. The van der Waals surface area contributed by atoms with Crippen LogP contribution in [0.5, 0.6) is 0 Å². The van der Waals surface area contributed by atoms with Crippen molar-refractivity contribution in [2.75, 3.05) is 13.1 Å². The molecule has 2 aliphatic heterocycles. The predicted octanol–water partition coefficient (Wildman–Crippen LogP) is 4.17. The summed E-state index contributed by atoms with van der Waals surface area (Å²) in [5.74, 6) is 0.0328. The number of rotatable bonds is 5. The Morgan fingerprint density at radius 3 is 1.58 bits per heavy atom. The molecule has 0 aliphatic carbocycles. The van der Waals surface area contributed by atoms with E-state index in [1.807, 2.05) is 70.5 Å². The van der Waals surface area contributed by atoms with Gasteiger partial charge in [-0.2, -0.15) is 0 Å². The number of carbonyl (C=O) groups excluding carboxylic acids is 1. The molecular formula is C25H25N4OP. The molecule has 156 valence electrons. The fraction of sp³-hybridized carbons (Fsp3) is 0.160. The Morgan fingerprint density at radius 2 is 1.19 bits per heavy atom. The number of nitrogens with zero attached hydrogens (tertiary/aromatic N) is 4. The molecule has 1 amide bonds. The van der Waals surface area contributed by atoms with Crippen LogP contribution in [0.3, 0.4) is 0 Å². The van der Waals surface area contributed by atoms with E-state index in [9.17, 15) is 4.79 Å². The minimum atomic E-state index is -3.44. The van der Waals surface area contributed by atoms with E-state index in [0.29, 0.717) is 0 Å². The first kappa shape index (κ1) is 19.7. The van der Waals surface area contributed by atoms with Crippen LogP contribution < -0.4 is 15.9 Å². The van der Waals surface area contributed by atoms with E-state index < -0.39 is 6.90 Å². The SMILES string of the molecule is O=C(/C=C/N1N=NP1(c1ccccc1)(c1ccccc1)c1ccccc1)N1CCCC1. The van der Waals surface area contributed by atoms with Gasteiger partial charge >= 0.3 is 183 Å². The second-order valence-electron chi connectivity index (χ2n) is 7.88. The summed E-state index contributed by atoms with van der Waals surface area (Å²) in [7, 11) is 0. The average Bonchev–Trinajstić information content (AvgIpc) is 3.37. The first-order valence-corrected chi connectivity index (χ1v) is 12.8. The molecule has 0 aromatic heterocycles. The maximum absolute atomic E-state index is 12.8. The molecule has 5 nitrogen and oxygen atoms in total. The molecule has 0 saturated carbocycles. The summed E-state index contributed by atoms with van der Waals surface area (Å²) >= 11 is 0. The standard InChI is InChI=1S/C25H25N4OP/c30-25(28-19-10-11-20-28)18-21-29-26-27-31(29,22-12-4-1-5-13-22,23-14-6-2-7-15-23)24-16-8-3-9-17-24/h1-9,12-18,21H,10-11,19-20H2/b21-18+. The van der Waals surface area contributed by atoms with Crippen LogP contribution in [0.1, 0.15) is 12.8 Å². The Hall–Kier alpha value is -3.30. The van der Waals surface area contributed by atoms with E-state index in [4.69, 9.17) is 4.88 Å². The van der Waals surface area contributed by atoms with Crippen molar-refractivity contribution < 1.29 is 4.79 Å². The van der Waals surface area contributed by atoms with Crippen LogP contribution in [0.25, 0.3) is 0 Å². The molecule has 3 aromatic carbocycles. The van der Waals surface area contributed by atoms with Crippen LogP contribution >= 0.6 is 6.90 Å². The van der Waals surface area contributed by atoms with Gasteiger partial charge in [-0.25, -0.2) is 0 Å². The van der Waals surface area contributed by atoms with Crippen LogP contribution in [-0.2, 0) is 4.79 Å². The fourth-order valence-electron chi connectivity index (χ4n) is 4.63. The maximum atomic E-state index is 12.8. The summed E-state index contributed by atoms with van der Waals surface area (Å²) in [5.41, 5.74) is 0. The predicted molar refractivity (Wildman–Crippen MR) is 127 cm³/mol. The number of amides is 1. The second kappa shape index (κ2) is 7.75. The normalized spacial score (nSPS) is 20.2. The van der Waals surface area contributed by atoms with Gasteiger partial charge in [-0.05, 0) is 0 Å². The molecular weight excluding hydrogens is 403 g/mol. The zero-order valence-electron chi connectivity index (χ0n) is 17.3. The Balaban J connectivity index is 1.72. The van der Waals surface area contributed by atoms with Gasteiger partial charge in [0, 0.05) is 0 Å². The molecule has 1 fully saturated rings. The van der Waals surface area contributed by atoms with E-state index in [1.165, 1.54) is 0 Å². The zero-order chi connectivity index (χ0) is 21.2. The number of carbonyl (C=O) groups is 1. The molecule has 31 heavy (non-hydrogen) atoms. The Morgan fingerprint density at radius 1 is 0.742 bits per heavy atom. The summed E-state index contributed by atoms with van der Waals surface area (Å²) < 4.78 is 1.96. The molecule has 3 aromatic rings. The van der Waals surface area contributed by atoms with Crippen molar-refractivity contribution in [1.29, 1.82) is 0 Å². The Kier molecular flexibility index (Phi) is 4.91. The molecule has 0 radical (unpaired) electrons. The first-order valence-electron chi connectivity index (χ1n) is 10.6. The van der Waals surface area contributed by atoms with Crippen LogP contribution in [-0.4, -0.2) is 28.7 Å². The summed E-state index contributed by atoms with van der Waals surface area (Å²) in [6.07, 6.45) is 5.62. The van der Waals surface area contributed by atoms with Gasteiger partial charge in [-0.15, -0.1) is 0 Å². The molecule has 0 N–H and O–H groups in total. The molecule has 0 bridgehead atoms. The quantitative estimate of drug-likeness (QED) is 0.453. The molecule has 2 heterocycles. The van der Waals surface area contributed by atoms with Gasteiger partial charge in [0.1, 0.15) is 0 Å². The van der Waals surface area contributed by atoms with Crippen LogP contribution in [0.4, 0.5) is 0 Å². The fourth-order valence-corrected chi connectivity index (χ4v) is 9.49. The number of benzene rings is 3. The van der Waals surface area contributed by atoms with E-state index in [0.717, 1.165) is 41.8 Å². The molecule has 0 unspecified atom stereocenters. The summed E-state index contributed by atoms with van der Waals surface area (Å²) in [6.45, 7) is -1.79. The van der Waals surface area contributed by atoms with Gasteiger partial charge < -0.3 is 0 Å². The number of likely N-dealkylation sites (tertiary alicyclic amines) is 1. The third-order valence-electron chi connectivity index (χ3n) is 6.21. The topological polar surface area (TPSA) is 48.3 Å². The van der Waals surface area contributed by atoms with Crippen molar-refractivity contribution in [3.8, 4) is 0 Å². The van der Waals surface area contributed by atoms with Crippen molar-refractivity contribution in [3.63, 3.8) is 0 Å². The van der Waals surface area contributed by atoms with Gasteiger partial charge in [0.2, 0.25) is 0 Å². The van der Waals surface area contributed by atoms with E-state index in [-0.39, 0.29) is 5.91 Å². The van der Waals surface area contributed by atoms with Crippen LogP contribution in [0.15, 0.2) is 113 Å². The molecule has 0 atom stereocenters. The number of hydrogen-bond donors (Lipinski definition) is 0. The van der Waals surface area contributed by atoms with Gasteiger partial charge in [0.15, 0.2) is 0 Å². The van der Waals surface area contributed by atoms with E-state index in [1.54, 1.807) is 6.08 Å². The van der Waals surface area contributed by atoms with Crippen molar-refractivity contribution in [2.45, 2.75) is 12.8 Å². The monoisotopic (exact) mass is 428 g/mol. The third kappa shape index (κ3) is 2.84. The number of hydrogen-bond acceptors (Lipinski definition) is 4. The van der Waals surface area contributed by atoms with Crippen molar-refractivity contribution in [3.05, 3.63) is 103 Å². The minimum absolute atomic E-state index is 0.0328. The average molecular weight is 428 g/mol. The van der Waals surface area contributed by atoms with Crippen molar-refractivity contribution >= 4 is 28.7 Å². The van der Waals surface area contributed by atoms with Crippen LogP contribution in [0, 0.1) is 0 Å². The molecule has 0 spiro atoms. The van der Waals surface area contributed by atoms with Crippen molar-refractivity contribution in [2.24, 2.45) is 10.1 Å². The summed E-state index contributed by atoms with van der Waals surface area (Å²) in [4.78, 5) is 19.7. The first-order chi connectivity index (χ1) is 15.3. The summed E-state index contributed by atoms with van der Waals surface area (Å²) in [6, 6.07) is 31.0. The Bertz CT molecular complexity index is 1030.